The number of hydrogen-bond acceptors (Lipinski definition) is 4. The van der Waals surface area contributed by atoms with Gasteiger partial charge in [-0.25, -0.2) is 4.98 Å². The molecular formula is C22H26ClN3O2. The van der Waals surface area contributed by atoms with Crippen molar-refractivity contribution < 1.29 is 9.47 Å². The summed E-state index contributed by atoms with van der Waals surface area (Å²) >= 11 is 6.50. The van der Waals surface area contributed by atoms with E-state index in [1.807, 2.05) is 61.9 Å². The summed E-state index contributed by atoms with van der Waals surface area (Å²) < 4.78 is 13.8. The minimum Gasteiger partial charge on any atom is -0.490 e. The summed E-state index contributed by atoms with van der Waals surface area (Å²) in [5.41, 5.74) is 2.16. The van der Waals surface area contributed by atoms with Crippen LogP contribution in [0.25, 0.3) is 0 Å². The van der Waals surface area contributed by atoms with Crippen LogP contribution < -0.4 is 14.8 Å². The smallest absolute Gasteiger partial charge is 0.180 e. The Hall–Kier alpha value is -2.50. The third kappa shape index (κ3) is 6.01. The second kappa shape index (κ2) is 10.7. The Morgan fingerprint density at radius 1 is 1.11 bits per heavy atom. The highest BCUT2D eigenvalue weighted by Crippen LogP contribution is 2.37. The van der Waals surface area contributed by atoms with Gasteiger partial charge in [-0.1, -0.05) is 41.9 Å². The summed E-state index contributed by atoms with van der Waals surface area (Å²) in [6.07, 6.45) is 6.64. The number of aromatic nitrogens is 2. The largest absolute Gasteiger partial charge is 0.490 e. The molecule has 3 rings (SSSR count). The Bertz CT molecular complexity index is 838. The van der Waals surface area contributed by atoms with Crippen LogP contribution in [0.1, 0.15) is 24.5 Å². The lowest BCUT2D eigenvalue weighted by Gasteiger charge is -2.16. The van der Waals surface area contributed by atoms with Gasteiger partial charge in [0.25, 0.3) is 0 Å². The van der Waals surface area contributed by atoms with Crippen LogP contribution in [0.4, 0.5) is 0 Å². The highest BCUT2D eigenvalue weighted by atomic mass is 35.5. The third-order valence-corrected chi connectivity index (χ3v) is 4.53. The van der Waals surface area contributed by atoms with Crippen molar-refractivity contribution in [1.29, 1.82) is 0 Å². The first-order valence-corrected chi connectivity index (χ1v) is 9.92. The molecule has 0 radical (unpaired) electrons. The molecule has 0 aliphatic carbocycles. The molecule has 5 nitrogen and oxygen atoms in total. The topological polar surface area (TPSA) is 48.3 Å². The Labute approximate surface area is 171 Å². The quantitative estimate of drug-likeness (QED) is 0.475. The predicted octanol–water partition coefficient (Wildman–Crippen LogP) is 4.69. The predicted molar refractivity (Wildman–Crippen MR) is 112 cm³/mol. The number of nitrogens with one attached hydrogen (secondary N) is 1. The van der Waals surface area contributed by atoms with Crippen molar-refractivity contribution in [2.24, 2.45) is 0 Å². The van der Waals surface area contributed by atoms with Crippen molar-refractivity contribution in [3.63, 3.8) is 0 Å². The summed E-state index contributed by atoms with van der Waals surface area (Å²) in [7, 11) is 0. The molecule has 0 unspecified atom stereocenters. The lowest BCUT2D eigenvalue weighted by atomic mass is 10.2. The van der Waals surface area contributed by atoms with E-state index in [9.17, 15) is 0 Å². The Balaban J connectivity index is 1.56. The molecule has 3 aromatic rings. The molecule has 0 atom stereocenters. The van der Waals surface area contributed by atoms with E-state index >= 15 is 0 Å². The fourth-order valence-corrected chi connectivity index (χ4v) is 3.18. The first kappa shape index (κ1) is 20.2. The van der Waals surface area contributed by atoms with E-state index in [1.165, 1.54) is 0 Å². The minimum atomic E-state index is 0.451. The van der Waals surface area contributed by atoms with Gasteiger partial charge in [-0.05, 0) is 43.1 Å². The standard InChI is InChI=1S/C22H26ClN3O2/c1-2-27-21-14-19(15-24-9-6-11-26-12-10-25-17-26)13-20(23)22(21)28-16-18-7-4-3-5-8-18/h3-5,7-8,10,12-14,17,24H,2,6,9,11,15-16H2,1H3. The molecule has 2 aromatic carbocycles. The van der Waals surface area contributed by atoms with Crippen LogP contribution in [-0.2, 0) is 19.7 Å². The van der Waals surface area contributed by atoms with E-state index in [-0.39, 0.29) is 0 Å². The molecule has 148 valence electrons. The van der Waals surface area contributed by atoms with Gasteiger partial charge < -0.3 is 19.4 Å². The lowest BCUT2D eigenvalue weighted by Crippen LogP contribution is -2.16. The normalized spacial score (nSPS) is 10.8. The van der Waals surface area contributed by atoms with E-state index in [0.717, 1.165) is 37.2 Å². The van der Waals surface area contributed by atoms with E-state index in [0.29, 0.717) is 29.7 Å². The number of halogens is 1. The van der Waals surface area contributed by atoms with Gasteiger partial charge in [0.2, 0.25) is 0 Å². The molecule has 0 aliphatic rings. The lowest BCUT2D eigenvalue weighted by molar-refractivity contribution is 0.269. The van der Waals surface area contributed by atoms with Crippen LogP contribution in [0, 0.1) is 0 Å². The maximum absolute atomic E-state index is 6.50. The van der Waals surface area contributed by atoms with Gasteiger partial charge >= 0.3 is 0 Å². The summed E-state index contributed by atoms with van der Waals surface area (Å²) in [5.74, 6) is 1.28. The van der Waals surface area contributed by atoms with Crippen LogP contribution >= 0.6 is 11.6 Å². The number of benzene rings is 2. The highest BCUT2D eigenvalue weighted by molar-refractivity contribution is 6.32. The molecule has 0 amide bonds. The minimum absolute atomic E-state index is 0.451. The van der Waals surface area contributed by atoms with Crippen LogP contribution in [0.15, 0.2) is 61.2 Å². The summed E-state index contributed by atoms with van der Waals surface area (Å²) in [6.45, 7) is 5.54. The van der Waals surface area contributed by atoms with Gasteiger partial charge in [-0.15, -0.1) is 0 Å². The maximum atomic E-state index is 6.50. The molecular weight excluding hydrogens is 374 g/mol. The molecule has 28 heavy (non-hydrogen) atoms. The zero-order valence-electron chi connectivity index (χ0n) is 16.1. The van der Waals surface area contributed by atoms with Gasteiger partial charge in [0.1, 0.15) is 6.61 Å². The second-order valence-corrected chi connectivity index (χ2v) is 6.85. The first-order valence-electron chi connectivity index (χ1n) is 9.54. The highest BCUT2D eigenvalue weighted by Gasteiger charge is 2.13. The summed E-state index contributed by atoms with van der Waals surface area (Å²) in [6, 6.07) is 14.0. The third-order valence-electron chi connectivity index (χ3n) is 4.25. The number of nitrogens with zero attached hydrogens (tertiary/aromatic N) is 2. The molecule has 0 bridgehead atoms. The number of ether oxygens (including phenoxy) is 2. The van der Waals surface area contributed by atoms with Gasteiger partial charge in [-0.2, -0.15) is 0 Å². The second-order valence-electron chi connectivity index (χ2n) is 6.44. The molecule has 1 aromatic heterocycles. The van der Waals surface area contributed by atoms with Crippen molar-refractivity contribution in [1.82, 2.24) is 14.9 Å². The van der Waals surface area contributed by atoms with Crippen molar-refractivity contribution in [2.75, 3.05) is 13.2 Å². The zero-order chi connectivity index (χ0) is 19.6. The first-order chi connectivity index (χ1) is 13.8. The van der Waals surface area contributed by atoms with Crippen LogP contribution in [0.5, 0.6) is 11.5 Å². The monoisotopic (exact) mass is 399 g/mol. The van der Waals surface area contributed by atoms with Gasteiger partial charge in [0, 0.05) is 25.5 Å². The van der Waals surface area contributed by atoms with E-state index in [2.05, 4.69) is 14.9 Å². The molecule has 1 heterocycles. The molecule has 0 fully saturated rings. The van der Waals surface area contributed by atoms with E-state index in [4.69, 9.17) is 21.1 Å². The molecule has 0 saturated heterocycles. The van der Waals surface area contributed by atoms with Gasteiger partial charge in [0.05, 0.1) is 18.0 Å². The van der Waals surface area contributed by atoms with E-state index < -0.39 is 0 Å². The summed E-state index contributed by atoms with van der Waals surface area (Å²) in [5, 5.41) is 4.02. The van der Waals surface area contributed by atoms with E-state index in [1.54, 1.807) is 6.20 Å². The maximum Gasteiger partial charge on any atom is 0.180 e. The molecule has 6 heteroatoms. The van der Waals surface area contributed by atoms with Crippen LogP contribution in [0.2, 0.25) is 5.02 Å². The van der Waals surface area contributed by atoms with Crippen molar-refractivity contribution in [3.8, 4) is 11.5 Å². The molecule has 0 spiro atoms. The van der Waals surface area contributed by atoms with Crippen molar-refractivity contribution in [3.05, 3.63) is 77.3 Å². The number of hydrogen-bond donors (Lipinski definition) is 1. The average molecular weight is 400 g/mol. The van der Waals surface area contributed by atoms with Crippen molar-refractivity contribution >= 4 is 11.6 Å². The van der Waals surface area contributed by atoms with Crippen molar-refractivity contribution in [2.45, 2.75) is 33.0 Å². The molecule has 0 saturated carbocycles. The molecule has 1 N–H and O–H groups in total. The Morgan fingerprint density at radius 2 is 1.96 bits per heavy atom. The van der Waals surface area contributed by atoms with Gasteiger partial charge in [0.15, 0.2) is 11.5 Å². The van der Waals surface area contributed by atoms with Crippen LogP contribution in [0.3, 0.4) is 0 Å². The fraction of sp³-hybridized carbons (Fsp3) is 0.318. The SMILES string of the molecule is CCOc1cc(CNCCCn2ccnc2)cc(Cl)c1OCc1ccccc1. The van der Waals surface area contributed by atoms with Gasteiger partial charge in [-0.3, -0.25) is 0 Å². The summed E-state index contributed by atoms with van der Waals surface area (Å²) in [4.78, 5) is 4.05. The number of aryl methyl sites for hydroxylation is 1. The molecule has 0 aliphatic heterocycles. The van der Waals surface area contributed by atoms with Crippen LogP contribution in [-0.4, -0.2) is 22.7 Å². The fourth-order valence-electron chi connectivity index (χ4n) is 2.89. The number of rotatable bonds is 11. The Morgan fingerprint density at radius 3 is 2.71 bits per heavy atom. The zero-order valence-corrected chi connectivity index (χ0v) is 16.9. The Kier molecular flexibility index (Phi) is 7.76. The number of imidazole rings is 1. The average Bonchev–Trinajstić information content (AvgIpc) is 3.22.